The molecule has 1 aliphatic heterocycles. The number of carboxylic acid groups (broad SMARTS) is 1. The average Bonchev–Trinajstić information content (AvgIpc) is 2.51. The largest absolute Gasteiger partial charge is 0.463 e. The summed E-state index contributed by atoms with van der Waals surface area (Å²) in [5.41, 5.74) is -0.895. The predicted octanol–water partition coefficient (Wildman–Crippen LogP) is 3.86. The molecule has 0 aromatic heterocycles. The number of rotatable bonds is 1. The summed E-state index contributed by atoms with van der Waals surface area (Å²) in [6, 6.07) is 4.40. The molecule has 1 aromatic rings. The van der Waals surface area contributed by atoms with E-state index in [0.717, 1.165) is 0 Å². The van der Waals surface area contributed by atoms with Crippen molar-refractivity contribution in [3.05, 3.63) is 34.1 Å². The maximum Gasteiger partial charge on any atom is 0.432 e. The highest BCUT2D eigenvalue weighted by Gasteiger charge is 2.50. The third kappa shape index (κ3) is 3.54. The Labute approximate surface area is 155 Å². The molecular formula is C15H21BrFN3O4S. The van der Waals surface area contributed by atoms with Crippen LogP contribution in [0.25, 0.3) is 0 Å². The fourth-order valence-electron chi connectivity index (χ4n) is 2.84. The Morgan fingerprint density at radius 1 is 1.40 bits per heavy atom. The maximum atomic E-state index is 14.5. The van der Waals surface area contributed by atoms with Crippen LogP contribution in [-0.4, -0.2) is 48.8 Å². The molecule has 1 unspecified atom stereocenters. The lowest BCUT2D eigenvalue weighted by molar-refractivity contribution is 0.205. The number of benzene rings is 1. The molecule has 1 fully saturated rings. The van der Waals surface area contributed by atoms with Gasteiger partial charge in [-0.2, -0.15) is 4.99 Å². The Morgan fingerprint density at radius 3 is 2.56 bits per heavy atom. The summed E-state index contributed by atoms with van der Waals surface area (Å²) in [5, 5.41) is 12.0. The molecule has 0 saturated carbocycles. The van der Waals surface area contributed by atoms with Crippen molar-refractivity contribution in [1.82, 2.24) is 9.62 Å². The van der Waals surface area contributed by atoms with Crippen molar-refractivity contribution < 1.29 is 23.4 Å². The third-order valence-electron chi connectivity index (χ3n) is 4.35. The molecule has 1 aromatic carbocycles. The first-order valence-corrected chi connectivity index (χ1v) is 9.66. The Hall–Kier alpha value is -1.20. The van der Waals surface area contributed by atoms with Crippen LogP contribution in [0.2, 0.25) is 0 Å². The first kappa shape index (κ1) is 20.1. The van der Waals surface area contributed by atoms with Crippen LogP contribution in [0.15, 0.2) is 27.7 Å². The summed E-state index contributed by atoms with van der Waals surface area (Å²) in [5.74, 6) is -0.635. The number of amides is 1. The first-order valence-electron chi connectivity index (χ1n) is 7.36. The number of halogens is 2. The van der Waals surface area contributed by atoms with Crippen molar-refractivity contribution in [2.45, 2.75) is 31.1 Å². The molecule has 7 nitrogen and oxygen atoms in total. The minimum Gasteiger partial charge on any atom is -0.463 e. The van der Waals surface area contributed by atoms with Crippen LogP contribution in [0.1, 0.15) is 26.3 Å². The van der Waals surface area contributed by atoms with Crippen LogP contribution in [0, 0.1) is 5.82 Å². The second-order valence-corrected chi connectivity index (χ2v) is 10.2. The fourth-order valence-corrected chi connectivity index (χ4v) is 4.77. The summed E-state index contributed by atoms with van der Waals surface area (Å²) in [4.78, 5) is 14.7. The number of hydrogen-bond donors (Lipinski definition) is 4. The van der Waals surface area contributed by atoms with Crippen molar-refractivity contribution in [3.63, 3.8) is 0 Å². The van der Waals surface area contributed by atoms with E-state index >= 15 is 0 Å². The molecule has 0 aliphatic carbocycles. The van der Waals surface area contributed by atoms with Crippen LogP contribution in [0.5, 0.6) is 0 Å². The Kier molecular flexibility index (Phi) is 5.24. The van der Waals surface area contributed by atoms with E-state index in [-0.39, 0.29) is 17.9 Å². The van der Waals surface area contributed by atoms with E-state index in [0.29, 0.717) is 4.47 Å². The van der Waals surface area contributed by atoms with Gasteiger partial charge in [0, 0.05) is 23.6 Å². The van der Waals surface area contributed by atoms with Gasteiger partial charge in [0.1, 0.15) is 16.4 Å². The minimum absolute atomic E-state index is 0.0186. The first-order chi connectivity index (χ1) is 11.3. The second kappa shape index (κ2) is 6.51. The summed E-state index contributed by atoms with van der Waals surface area (Å²) >= 11 is 3.30. The predicted molar refractivity (Wildman–Crippen MR) is 99.6 cm³/mol. The second-order valence-electron chi connectivity index (χ2n) is 6.64. The molecule has 0 spiro atoms. The zero-order chi connectivity index (χ0) is 19.2. The van der Waals surface area contributed by atoms with Crippen LogP contribution < -0.4 is 5.32 Å². The van der Waals surface area contributed by atoms with Gasteiger partial charge in [0.05, 0.1) is 5.54 Å². The normalized spacial score (nSPS) is 28.9. The smallest absolute Gasteiger partial charge is 0.432 e. The highest BCUT2D eigenvalue weighted by Crippen LogP contribution is 2.57. The van der Waals surface area contributed by atoms with Gasteiger partial charge in [0.15, 0.2) is 0 Å². The number of hydrogen-bond acceptors (Lipinski definition) is 4. The number of nitrogens with one attached hydrogen (secondary N) is 1. The zero-order valence-corrected chi connectivity index (χ0v) is 16.7. The van der Waals surface area contributed by atoms with E-state index in [4.69, 9.17) is 5.11 Å². The van der Waals surface area contributed by atoms with Gasteiger partial charge in [-0.1, -0.05) is 15.9 Å². The van der Waals surface area contributed by atoms with E-state index in [9.17, 15) is 18.3 Å². The number of likely N-dealkylation sites (N-methyl/N-ethyl adjacent to an activating group) is 1. The standard InChI is InChI=1S/C15H21BrFN3O4S/c1-14(2)12(18-13(21)22)19-15(3,8-20(4)25(14,23)24)10-7-9(16)5-6-11(10)17/h5-7,23-24H,8H2,1-4H3,(H,18,19)(H,21,22). The highest BCUT2D eigenvalue weighted by molar-refractivity contribution is 9.10. The molecule has 4 N–H and O–H groups in total. The van der Waals surface area contributed by atoms with Crippen molar-refractivity contribution in [1.29, 1.82) is 0 Å². The van der Waals surface area contributed by atoms with E-state index in [2.05, 4.69) is 26.2 Å². The lowest BCUT2D eigenvalue weighted by Gasteiger charge is -2.49. The van der Waals surface area contributed by atoms with Gasteiger partial charge in [0.25, 0.3) is 0 Å². The summed E-state index contributed by atoms with van der Waals surface area (Å²) in [6.45, 7) is 4.64. The molecule has 2 rings (SSSR count). The summed E-state index contributed by atoms with van der Waals surface area (Å²) in [7, 11) is -1.93. The molecule has 1 aliphatic rings. The quantitative estimate of drug-likeness (QED) is 0.531. The molecule has 1 atom stereocenters. The SMILES string of the molecule is CN1CC(C)(c2cc(Br)ccc2F)NC(=NC(=O)O)C(C)(C)S1(O)O. The van der Waals surface area contributed by atoms with Gasteiger partial charge < -0.3 is 10.4 Å². The number of aliphatic imine (C=N–C) groups is 1. The Morgan fingerprint density at radius 2 is 2.00 bits per heavy atom. The monoisotopic (exact) mass is 437 g/mol. The van der Waals surface area contributed by atoms with Crippen molar-refractivity contribution in [2.24, 2.45) is 4.99 Å². The lowest BCUT2D eigenvalue weighted by atomic mass is 9.90. The number of nitrogens with zero attached hydrogens (tertiary/aromatic N) is 2. The molecule has 140 valence electrons. The Bertz CT molecular complexity index is 743. The van der Waals surface area contributed by atoms with E-state index in [1.165, 1.54) is 31.3 Å². The van der Waals surface area contributed by atoms with Crippen molar-refractivity contribution in [2.75, 3.05) is 13.6 Å². The molecular weight excluding hydrogens is 417 g/mol. The molecule has 25 heavy (non-hydrogen) atoms. The lowest BCUT2D eigenvalue weighted by Crippen LogP contribution is -2.51. The number of carbonyl (C=O) groups is 1. The fraction of sp³-hybridized carbons (Fsp3) is 0.467. The van der Waals surface area contributed by atoms with Crippen molar-refractivity contribution >= 4 is 38.6 Å². The molecule has 0 radical (unpaired) electrons. The summed E-state index contributed by atoms with van der Waals surface area (Å²) in [6.07, 6.45) is -1.48. The van der Waals surface area contributed by atoms with Gasteiger partial charge in [-0.25, -0.2) is 13.5 Å². The van der Waals surface area contributed by atoms with Crippen LogP contribution in [0.4, 0.5) is 9.18 Å². The molecule has 10 heteroatoms. The zero-order valence-electron chi connectivity index (χ0n) is 14.2. The molecule has 1 amide bonds. The summed E-state index contributed by atoms with van der Waals surface area (Å²) < 4.78 is 36.4. The average molecular weight is 438 g/mol. The van der Waals surface area contributed by atoms with Gasteiger partial charge in [-0.05, 0) is 39.0 Å². The van der Waals surface area contributed by atoms with Gasteiger partial charge in [-0.3, -0.25) is 9.11 Å². The van der Waals surface area contributed by atoms with E-state index < -0.39 is 33.0 Å². The van der Waals surface area contributed by atoms with Crippen LogP contribution in [-0.2, 0) is 5.54 Å². The van der Waals surface area contributed by atoms with E-state index in [1.54, 1.807) is 19.1 Å². The van der Waals surface area contributed by atoms with Gasteiger partial charge in [0.2, 0.25) is 0 Å². The Balaban J connectivity index is 2.69. The minimum atomic E-state index is -3.43. The van der Waals surface area contributed by atoms with E-state index in [1.807, 2.05) is 0 Å². The third-order valence-corrected chi connectivity index (χ3v) is 7.41. The maximum absolute atomic E-state index is 14.5. The highest BCUT2D eigenvalue weighted by atomic mass is 79.9. The molecule has 1 heterocycles. The van der Waals surface area contributed by atoms with Crippen LogP contribution >= 0.6 is 26.7 Å². The molecule has 1 saturated heterocycles. The van der Waals surface area contributed by atoms with Crippen molar-refractivity contribution in [3.8, 4) is 0 Å². The topological polar surface area (TPSA) is 105 Å². The van der Waals surface area contributed by atoms with Gasteiger partial charge >= 0.3 is 6.09 Å². The van der Waals surface area contributed by atoms with Gasteiger partial charge in [-0.15, -0.1) is 10.8 Å². The number of amidine groups is 1. The van der Waals surface area contributed by atoms with Crippen LogP contribution in [0.3, 0.4) is 0 Å². The molecule has 0 bridgehead atoms.